The van der Waals surface area contributed by atoms with Crippen LogP contribution in [0.3, 0.4) is 0 Å². The molecule has 29 heavy (non-hydrogen) atoms. The average molecular weight is 382 g/mol. The number of hydrogen-bond donors (Lipinski definition) is 0. The molecule has 0 radical (unpaired) electrons. The number of rotatable bonds is 5. The third-order valence-corrected chi connectivity index (χ3v) is 6.55. The van der Waals surface area contributed by atoms with Crippen LogP contribution in [-0.2, 0) is 0 Å². The van der Waals surface area contributed by atoms with Gasteiger partial charge in [-0.2, -0.15) is 0 Å². The van der Waals surface area contributed by atoms with Crippen LogP contribution in [-0.4, -0.2) is 41.3 Å². The smallest absolute Gasteiger partial charge is 0.0807 e. The van der Waals surface area contributed by atoms with Crippen molar-refractivity contribution in [2.24, 2.45) is 10.9 Å². The van der Waals surface area contributed by atoms with E-state index in [1.54, 1.807) is 0 Å². The number of aliphatic imine (C=N–C) groups is 1. The first kappa shape index (κ1) is 18.3. The van der Waals surface area contributed by atoms with Gasteiger partial charge >= 0.3 is 0 Å². The Morgan fingerprint density at radius 3 is 2.03 bits per heavy atom. The highest BCUT2D eigenvalue weighted by Gasteiger charge is 2.46. The van der Waals surface area contributed by atoms with Gasteiger partial charge in [0.05, 0.1) is 11.7 Å². The molecule has 0 spiro atoms. The van der Waals surface area contributed by atoms with Gasteiger partial charge in [-0.25, -0.2) is 0 Å². The molecule has 3 aliphatic rings. The zero-order chi connectivity index (χ0) is 19.5. The Morgan fingerprint density at radius 2 is 1.45 bits per heavy atom. The van der Waals surface area contributed by atoms with Crippen LogP contribution in [0.1, 0.15) is 35.6 Å². The van der Waals surface area contributed by atoms with E-state index >= 15 is 0 Å². The van der Waals surface area contributed by atoms with Crippen LogP contribution in [0.4, 0.5) is 0 Å². The summed E-state index contributed by atoms with van der Waals surface area (Å²) in [6.07, 6.45) is 6.33. The number of hydrogen-bond acceptors (Lipinski definition) is 3. The maximum Gasteiger partial charge on any atom is 0.0807 e. The van der Waals surface area contributed by atoms with Crippen molar-refractivity contribution in [1.82, 2.24) is 9.88 Å². The molecule has 2 bridgehead atoms. The second kappa shape index (κ2) is 8.30. The molecule has 146 valence electrons. The first-order valence-corrected chi connectivity index (χ1v) is 10.7. The predicted octanol–water partition coefficient (Wildman–Crippen LogP) is 4.80. The summed E-state index contributed by atoms with van der Waals surface area (Å²) in [5.41, 5.74) is 3.71. The number of piperidine rings is 3. The van der Waals surface area contributed by atoms with Crippen molar-refractivity contribution in [2.45, 2.75) is 30.8 Å². The molecule has 1 aromatic heterocycles. The summed E-state index contributed by atoms with van der Waals surface area (Å²) in [6.45, 7) is 2.36. The number of pyridine rings is 1. The van der Waals surface area contributed by atoms with E-state index in [2.05, 4.69) is 70.5 Å². The Labute approximate surface area is 173 Å². The monoisotopic (exact) mass is 381 g/mol. The van der Waals surface area contributed by atoms with E-state index < -0.39 is 0 Å². The van der Waals surface area contributed by atoms with Gasteiger partial charge in [0.25, 0.3) is 0 Å². The summed E-state index contributed by atoms with van der Waals surface area (Å²) in [5.74, 6) is 0.978. The van der Waals surface area contributed by atoms with Crippen LogP contribution < -0.4 is 0 Å². The summed E-state index contributed by atoms with van der Waals surface area (Å²) in [4.78, 5) is 12.3. The van der Waals surface area contributed by atoms with E-state index in [-0.39, 0.29) is 0 Å². The molecule has 3 nitrogen and oxygen atoms in total. The van der Waals surface area contributed by atoms with Crippen LogP contribution >= 0.6 is 0 Å². The van der Waals surface area contributed by atoms with Gasteiger partial charge in [-0.15, -0.1) is 0 Å². The lowest BCUT2D eigenvalue weighted by Gasteiger charge is -2.52. The van der Waals surface area contributed by atoms with Crippen molar-refractivity contribution in [2.75, 3.05) is 13.1 Å². The van der Waals surface area contributed by atoms with E-state index in [4.69, 9.17) is 4.99 Å². The normalized spacial score (nSPS) is 26.2. The molecule has 3 saturated heterocycles. The first-order chi connectivity index (χ1) is 14.4. The average Bonchev–Trinajstić information content (AvgIpc) is 2.81. The Hall–Kier alpha value is -2.78. The largest absolute Gasteiger partial charge is 0.297 e. The second-order valence-electron chi connectivity index (χ2n) is 8.19. The minimum absolute atomic E-state index is 0.296. The third kappa shape index (κ3) is 3.75. The summed E-state index contributed by atoms with van der Waals surface area (Å²) in [5, 5.41) is 0. The van der Waals surface area contributed by atoms with Crippen molar-refractivity contribution in [1.29, 1.82) is 0 Å². The fourth-order valence-electron chi connectivity index (χ4n) is 5.19. The van der Waals surface area contributed by atoms with Gasteiger partial charge in [0.1, 0.15) is 0 Å². The van der Waals surface area contributed by atoms with Crippen LogP contribution in [0.15, 0.2) is 90.1 Å². The van der Waals surface area contributed by atoms with Crippen molar-refractivity contribution < 1.29 is 0 Å². The SMILES string of the molecule is C(=N/C1C2CCN(CC2)C1C(c1ccccc1)c1ccccc1)/c1ccccn1. The predicted molar refractivity (Wildman–Crippen MR) is 118 cm³/mol. The third-order valence-electron chi connectivity index (χ3n) is 6.55. The van der Waals surface area contributed by atoms with Gasteiger partial charge in [-0.05, 0) is 55.1 Å². The molecule has 0 saturated carbocycles. The van der Waals surface area contributed by atoms with Gasteiger partial charge in [0.2, 0.25) is 0 Å². The molecule has 0 aliphatic carbocycles. The first-order valence-electron chi connectivity index (χ1n) is 10.7. The molecule has 0 N–H and O–H groups in total. The van der Waals surface area contributed by atoms with Gasteiger partial charge in [0.15, 0.2) is 0 Å². The zero-order valence-corrected chi connectivity index (χ0v) is 16.6. The van der Waals surface area contributed by atoms with E-state index in [1.165, 1.54) is 37.1 Å². The van der Waals surface area contributed by atoms with Crippen molar-refractivity contribution in [3.8, 4) is 0 Å². The second-order valence-corrected chi connectivity index (χ2v) is 8.19. The van der Waals surface area contributed by atoms with E-state index in [1.807, 2.05) is 30.6 Å². The Balaban J connectivity index is 1.56. The summed E-state index contributed by atoms with van der Waals surface area (Å²) in [6, 6.07) is 28.7. The quantitative estimate of drug-likeness (QED) is 0.594. The van der Waals surface area contributed by atoms with Crippen LogP contribution in [0.25, 0.3) is 0 Å². The number of aromatic nitrogens is 1. The topological polar surface area (TPSA) is 28.5 Å². The molecule has 3 aliphatic heterocycles. The fourth-order valence-corrected chi connectivity index (χ4v) is 5.19. The molecule has 4 heterocycles. The number of nitrogens with zero attached hydrogens (tertiary/aromatic N) is 3. The molecule has 2 unspecified atom stereocenters. The Morgan fingerprint density at radius 1 is 0.828 bits per heavy atom. The van der Waals surface area contributed by atoms with Crippen molar-refractivity contribution >= 4 is 6.21 Å². The fraction of sp³-hybridized carbons (Fsp3) is 0.308. The van der Waals surface area contributed by atoms with Crippen LogP contribution in [0.5, 0.6) is 0 Å². The highest BCUT2D eigenvalue weighted by atomic mass is 15.2. The molecule has 3 heteroatoms. The van der Waals surface area contributed by atoms with Gasteiger partial charge in [-0.1, -0.05) is 66.7 Å². The number of benzene rings is 2. The molecule has 0 amide bonds. The number of fused-ring (bicyclic) bond motifs is 3. The van der Waals surface area contributed by atoms with E-state index in [0.717, 1.165) is 5.69 Å². The molecule has 2 atom stereocenters. The van der Waals surface area contributed by atoms with Crippen LogP contribution in [0.2, 0.25) is 0 Å². The molecular weight excluding hydrogens is 354 g/mol. The molecule has 3 aromatic rings. The Bertz CT molecular complexity index is 892. The van der Waals surface area contributed by atoms with Gasteiger partial charge in [-0.3, -0.25) is 14.9 Å². The van der Waals surface area contributed by atoms with Gasteiger partial charge in [0, 0.05) is 24.4 Å². The summed E-state index contributed by atoms with van der Waals surface area (Å²) in [7, 11) is 0. The Kier molecular flexibility index (Phi) is 5.23. The van der Waals surface area contributed by atoms with Crippen molar-refractivity contribution in [3.63, 3.8) is 0 Å². The summed E-state index contributed by atoms with van der Waals surface area (Å²) >= 11 is 0. The highest BCUT2D eigenvalue weighted by molar-refractivity contribution is 5.77. The standard InChI is InChI=1S/C26H27N3/c1-3-9-20(10-4-1)24(21-11-5-2-6-12-21)26-25(22-14-17-29(26)18-15-22)28-19-23-13-7-8-16-27-23/h1-13,16,19,22,24-26H,14-15,17-18H2/b28-19-. The molecule has 6 rings (SSSR count). The van der Waals surface area contributed by atoms with E-state index in [0.29, 0.717) is 23.9 Å². The van der Waals surface area contributed by atoms with Crippen molar-refractivity contribution in [3.05, 3.63) is 102 Å². The minimum atomic E-state index is 0.296. The molecular formula is C26H27N3. The molecule has 3 fully saturated rings. The lowest BCUT2D eigenvalue weighted by Crippen LogP contribution is -2.59. The maximum atomic E-state index is 5.16. The maximum absolute atomic E-state index is 5.16. The lowest BCUT2D eigenvalue weighted by molar-refractivity contribution is 0.0215. The van der Waals surface area contributed by atoms with Gasteiger partial charge < -0.3 is 0 Å². The zero-order valence-electron chi connectivity index (χ0n) is 16.6. The highest BCUT2D eigenvalue weighted by Crippen LogP contribution is 2.43. The molecule has 2 aromatic carbocycles. The minimum Gasteiger partial charge on any atom is -0.297 e. The lowest BCUT2D eigenvalue weighted by atomic mass is 9.71. The van der Waals surface area contributed by atoms with E-state index in [9.17, 15) is 0 Å². The van der Waals surface area contributed by atoms with Crippen LogP contribution in [0, 0.1) is 5.92 Å². The summed E-state index contributed by atoms with van der Waals surface area (Å²) < 4.78 is 0.